The molecular weight excluding hydrogens is 298 g/mol. The molecule has 0 aliphatic heterocycles. The maximum atomic E-state index is 4.16. The minimum Gasteiger partial charge on any atom is -0.312 e. The Hall–Kier alpha value is -1.56. The van der Waals surface area contributed by atoms with Gasteiger partial charge in [0.1, 0.15) is 0 Å². The second kappa shape index (κ2) is 7.45. The highest BCUT2D eigenvalue weighted by Gasteiger charge is 2.07. The fourth-order valence-electron chi connectivity index (χ4n) is 2.06. The zero-order valence-electron chi connectivity index (χ0n) is 11.6. The number of benzene rings is 1. The van der Waals surface area contributed by atoms with Crippen LogP contribution in [-0.2, 0) is 6.54 Å². The van der Waals surface area contributed by atoms with Gasteiger partial charge >= 0.3 is 0 Å². The number of aromatic amines is 1. The summed E-state index contributed by atoms with van der Waals surface area (Å²) in [5.41, 5.74) is 2.36. The summed E-state index contributed by atoms with van der Waals surface area (Å²) in [4.78, 5) is 2.56. The van der Waals surface area contributed by atoms with Crippen molar-refractivity contribution in [1.29, 1.82) is 0 Å². The van der Waals surface area contributed by atoms with Crippen LogP contribution in [0.25, 0.3) is 10.6 Å². The summed E-state index contributed by atoms with van der Waals surface area (Å²) >= 11 is 3.61. The van der Waals surface area contributed by atoms with Crippen molar-refractivity contribution in [2.45, 2.75) is 11.4 Å². The Kier molecular flexibility index (Phi) is 5.10. The molecule has 0 unspecified atom stereocenters. The average Bonchev–Trinajstić information content (AvgIpc) is 3.19. The molecule has 0 radical (unpaired) electrons. The van der Waals surface area contributed by atoms with Crippen LogP contribution < -0.4 is 5.32 Å². The van der Waals surface area contributed by atoms with Crippen LogP contribution in [0.2, 0.25) is 0 Å². The molecule has 1 aromatic carbocycles. The first-order valence-electron chi connectivity index (χ1n) is 6.88. The number of nitrogens with one attached hydrogen (secondary N) is 2. The molecule has 5 heteroatoms. The molecule has 2 heterocycles. The molecule has 0 saturated heterocycles. The van der Waals surface area contributed by atoms with Gasteiger partial charge in [0, 0.05) is 29.3 Å². The van der Waals surface area contributed by atoms with Gasteiger partial charge in [-0.15, -0.1) is 23.1 Å². The van der Waals surface area contributed by atoms with Gasteiger partial charge in [0.25, 0.3) is 0 Å². The van der Waals surface area contributed by atoms with Crippen molar-refractivity contribution in [1.82, 2.24) is 15.5 Å². The first-order valence-corrected chi connectivity index (χ1v) is 8.75. The molecule has 0 aliphatic carbocycles. The molecule has 3 aromatic rings. The smallest absolute Gasteiger partial charge is 0.0794 e. The molecular formula is C16H17N3S2. The summed E-state index contributed by atoms with van der Waals surface area (Å²) in [6, 6.07) is 14.7. The van der Waals surface area contributed by atoms with Crippen LogP contribution in [0.4, 0.5) is 0 Å². The van der Waals surface area contributed by atoms with E-state index in [0.717, 1.165) is 24.5 Å². The van der Waals surface area contributed by atoms with Crippen molar-refractivity contribution in [3.63, 3.8) is 0 Å². The number of aromatic nitrogens is 2. The van der Waals surface area contributed by atoms with E-state index in [4.69, 9.17) is 0 Å². The van der Waals surface area contributed by atoms with E-state index >= 15 is 0 Å². The lowest BCUT2D eigenvalue weighted by Gasteiger charge is -2.05. The van der Waals surface area contributed by atoms with Crippen LogP contribution >= 0.6 is 23.1 Å². The third kappa shape index (κ3) is 3.97. The molecule has 0 bridgehead atoms. The zero-order valence-corrected chi connectivity index (χ0v) is 13.2. The molecule has 0 aliphatic rings. The second-order valence-corrected chi connectivity index (χ2v) is 6.70. The van der Waals surface area contributed by atoms with E-state index in [1.807, 2.05) is 24.0 Å². The van der Waals surface area contributed by atoms with Crippen molar-refractivity contribution in [2.24, 2.45) is 0 Å². The van der Waals surface area contributed by atoms with E-state index < -0.39 is 0 Å². The van der Waals surface area contributed by atoms with Crippen LogP contribution in [0.15, 0.2) is 58.9 Å². The summed E-state index contributed by atoms with van der Waals surface area (Å²) in [5.74, 6) is 1.07. The normalized spacial score (nSPS) is 10.9. The highest BCUT2D eigenvalue weighted by Crippen LogP contribution is 2.25. The molecule has 0 atom stereocenters. The number of H-pyrrole nitrogens is 1. The van der Waals surface area contributed by atoms with Crippen molar-refractivity contribution < 1.29 is 0 Å². The van der Waals surface area contributed by atoms with Gasteiger partial charge in [0.05, 0.1) is 16.8 Å². The fourth-order valence-corrected chi connectivity index (χ4v) is 3.65. The van der Waals surface area contributed by atoms with Gasteiger partial charge in [-0.2, -0.15) is 5.10 Å². The van der Waals surface area contributed by atoms with Gasteiger partial charge in [0.2, 0.25) is 0 Å². The van der Waals surface area contributed by atoms with E-state index in [9.17, 15) is 0 Å². The minimum atomic E-state index is 0.846. The van der Waals surface area contributed by atoms with Gasteiger partial charge in [-0.05, 0) is 23.6 Å². The zero-order chi connectivity index (χ0) is 14.3. The molecule has 3 nitrogen and oxygen atoms in total. The number of thiophene rings is 1. The van der Waals surface area contributed by atoms with E-state index in [2.05, 4.69) is 57.3 Å². The molecule has 21 heavy (non-hydrogen) atoms. The standard InChI is InChI=1S/C16H17N3S2/c1-2-5-14(6-3-1)20-10-8-17-11-13-12-18-19-16(13)15-7-4-9-21-15/h1-7,9,12,17H,8,10-11H2,(H,18,19). The van der Waals surface area contributed by atoms with Crippen molar-refractivity contribution in [2.75, 3.05) is 12.3 Å². The molecule has 0 amide bonds. The van der Waals surface area contributed by atoms with Gasteiger partial charge in [0.15, 0.2) is 0 Å². The third-order valence-corrected chi connectivity index (χ3v) is 4.99. The summed E-state index contributed by atoms with van der Waals surface area (Å²) in [7, 11) is 0. The van der Waals surface area contributed by atoms with Crippen LogP contribution in [0.3, 0.4) is 0 Å². The first kappa shape index (κ1) is 14.4. The number of nitrogens with zero attached hydrogens (tertiary/aromatic N) is 1. The highest BCUT2D eigenvalue weighted by molar-refractivity contribution is 7.99. The van der Waals surface area contributed by atoms with Crippen LogP contribution in [-0.4, -0.2) is 22.5 Å². The summed E-state index contributed by atoms with van der Waals surface area (Å²) < 4.78 is 0. The molecule has 2 N–H and O–H groups in total. The van der Waals surface area contributed by atoms with E-state index in [1.54, 1.807) is 11.3 Å². The fraction of sp³-hybridized carbons (Fsp3) is 0.188. The molecule has 0 fully saturated rings. The van der Waals surface area contributed by atoms with Gasteiger partial charge in [-0.1, -0.05) is 24.3 Å². The van der Waals surface area contributed by atoms with Gasteiger partial charge in [-0.25, -0.2) is 0 Å². The Bertz CT molecular complexity index is 647. The predicted molar refractivity (Wildman–Crippen MR) is 90.8 cm³/mol. The van der Waals surface area contributed by atoms with Crippen LogP contribution in [0.5, 0.6) is 0 Å². The first-order chi connectivity index (χ1) is 10.4. The lowest BCUT2D eigenvalue weighted by Crippen LogP contribution is -2.16. The Morgan fingerprint density at radius 1 is 1.14 bits per heavy atom. The monoisotopic (exact) mass is 315 g/mol. The summed E-state index contributed by atoms with van der Waals surface area (Å²) in [6.45, 7) is 1.83. The molecule has 2 aromatic heterocycles. The summed E-state index contributed by atoms with van der Waals surface area (Å²) in [6.07, 6.45) is 1.91. The lowest BCUT2D eigenvalue weighted by molar-refractivity contribution is 0.733. The van der Waals surface area contributed by atoms with Crippen molar-refractivity contribution >= 4 is 23.1 Å². The Labute approximate surface area is 132 Å². The SMILES string of the molecule is c1ccc(SCCNCc2cn[nH]c2-c2cccs2)cc1. The molecule has 0 saturated carbocycles. The maximum absolute atomic E-state index is 4.16. The Morgan fingerprint density at radius 2 is 2.05 bits per heavy atom. The van der Waals surface area contributed by atoms with Crippen molar-refractivity contribution in [3.8, 4) is 10.6 Å². The van der Waals surface area contributed by atoms with E-state index in [0.29, 0.717) is 0 Å². The van der Waals surface area contributed by atoms with Crippen LogP contribution in [0, 0.1) is 0 Å². The predicted octanol–water partition coefficient (Wildman–Crippen LogP) is 4.02. The molecule has 3 rings (SSSR count). The van der Waals surface area contributed by atoms with Gasteiger partial charge in [-0.3, -0.25) is 5.10 Å². The molecule has 108 valence electrons. The number of hydrogen-bond acceptors (Lipinski definition) is 4. The summed E-state index contributed by atoms with van der Waals surface area (Å²) in [5, 5.41) is 12.8. The van der Waals surface area contributed by atoms with Gasteiger partial charge < -0.3 is 5.32 Å². The van der Waals surface area contributed by atoms with E-state index in [1.165, 1.54) is 15.3 Å². The Balaban J connectivity index is 1.45. The minimum absolute atomic E-state index is 0.846. The number of rotatable bonds is 7. The highest BCUT2D eigenvalue weighted by atomic mass is 32.2. The maximum Gasteiger partial charge on any atom is 0.0794 e. The number of thioether (sulfide) groups is 1. The number of hydrogen-bond donors (Lipinski definition) is 2. The average molecular weight is 315 g/mol. The topological polar surface area (TPSA) is 40.7 Å². The Morgan fingerprint density at radius 3 is 2.86 bits per heavy atom. The van der Waals surface area contributed by atoms with E-state index in [-0.39, 0.29) is 0 Å². The molecule has 0 spiro atoms. The van der Waals surface area contributed by atoms with Crippen LogP contribution in [0.1, 0.15) is 5.56 Å². The largest absolute Gasteiger partial charge is 0.312 e. The second-order valence-electron chi connectivity index (χ2n) is 4.59. The lowest BCUT2D eigenvalue weighted by atomic mass is 10.2. The third-order valence-electron chi connectivity index (χ3n) is 3.09. The quantitative estimate of drug-likeness (QED) is 0.511. The van der Waals surface area contributed by atoms with Crippen molar-refractivity contribution in [3.05, 3.63) is 59.6 Å².